The summed E-state index contributed by atoms with van der Waals surface area (Å²) in [5, 5.41) is 0.968. The first-order valence-electron chi connectivity index (χ1n) is 5.93. The van der Waals surface area contributed by atoms with Crippen molar-refractivity contribution in [1.82, 2.24) is 9.88 Å². The van der Waals surface area contributed by atoms with Crippen LogP contribution in [0, 0.1) is 0 Å². The van der Waals surface area contributed by atoms with Gasteiger partial charge in [-0.3, -0.25) is 4.79 Å². The van der Waals surface area contributed by atoms with Gasteiger partial charge in [-0.2, -0.15) is 0 Å². The molecule has 0 amide bonds. The molecule has 1 aliphatic carbocycles. The van der Waals surface area contributed by atoms with Crippen molar-refractivity contribution < 1.29 is 4.79 Å². The van der Waals surface area contributed by atoms with Gasteiger partial charge in [-0.1, -0.05) is 11.3 Å². The van der Waals surface area contributed by atoms with E-state index in [1.54, 1.807) is 0 Å². The Bertz CT molecular complexity index is 398. The van der Waals surface area contributed by atoms with E-state index in [9.17, 15) is 4.79 Å². The van der Waals surface area contributed by atoms with Crippen molar-refractivity contribution in [3.8, 4) is 0 Å². The highest BCUT2D eigenvalue weighted by atomic mass is 32.1. The normalized spacial score (nSPS) is 15.3. The molecule has 1 heterocycles. The zero-order chi connectivity index (χ0) is 12.4. The molecule has 0 N–H and O–H groups in total. The van der Waals surface area contributed by atoms with Gasteiger partial charge in [0.15, 0.2) is 11.4 Å². The number of hydrogen-bond acceptors (Lipinski definition) is 5. The van der Waals surface area contributed by atoms with Crippen molar-refractivity contribution in [2.75, 3.05) is 39.1 Å². The van der Waals surface area contributed by atoms with E-state index >= 15 is 0 Å². The fraction of sp³-hybridized carbons (Fsp3) is 0.667. The van der Waals surface area contributed by atoms with Crippen LogP contribution in [-0.2, 0) is 0 Å². The summed E-state index contributed by atoms with van der Waals surface area (Å²) in [6, 6.07) is 0. The summed E-state index contributed by atoms with van der Waals surface area (Å²) in [6.07, 6.45) is 3.32. The summed E-state index contributed by atoms with van der Waals surface area (Å²) >= 11 is 1.52. The molecule has 0 bridgehead atoms. The molecule has 0 radical (unpaired) electrons. The molecule has 0 unspecified atom stereocenters. The number of hydrogen-bond donors (Lipinski definition) is 0. The third-order valence-electron chi connectivity index (χ3n) is 2.95. The van der Waals surface area contributed by atoms with E-state index in [0.29, 0.717) is 5.92 Å². The topological polar surface area (TPSA) is 36.4 Å². The van der Waals surface area contributed by atoms with E-state index in [1.165, 1.54) is 24.2 Å². The van der Waals surface area contributed by atoms with E-state index in [1.807, 2.05) is 7.05 Å². The second kappa shape index (κ2) is 5.14. The van der Waals surface area contributed by atoms with Gasteiger partial charge in [0.2, 0.25) is 0 Å². The molecular weight excluding hydrogens is 234 g/mol. The molecular formula is C12H19N3OS. The number of aldehydes is 1. The van der Waals surface area contributed by atoms with Gasteiger partial charge < -0.3 is 9.80 Å². The minimum absolute atomic E-state index is 0.544. The number of aromatic nitrogens is 1. The molecule has 0 saturated heterocycles. The van der Waals surface area contributed by atoms with Gasteiger partial charge in [-0.25, -0.2) is 4.98 Å². The number of rotatable bonds is 6. The predicted octanol–water partition coefficient (Wildman–Crippen LogP) is 1.83. The van der Waals surface area contributed by atoms with Crippen LogP contribution in [0.25, 0.3) is 0 Å². The Balaban J connectivity index is 2.07. The molecule has 94 valence electrons. The lowest BCUT2D eigenvalue weighted by Gasteiger charge is -2.18. The third kappa shape index (κ3) is 3.04. The summed E-state index contributed by atoms with van der Waals surface area (Å²) in [5.41, 5.74) is 1.02. The predicted molar refractivity (Wildman–Crippen MR) is 71.3 cm³/mol. The lowest BCUT2D eigenvalue weighted by Crippen LogP contribution is -2.28. The fourth-order valence-corrected chi connectivity index (χ4v) is 2.63. The average Bonchev–Trinajstić information content (AvgIpc) is 3.05. The minimum atomic E-state index is 0.544. The van der Waals surface area contributed by atoms with Crippen LogP contribution in [0.15, 0.2) is 0 Å². The molecule has 0 aromatic carbocycles. The molecule has 2 rings (SSSR count). The number of nitrogens with zero attached hydrogens (tertiary/aromatic N) is 3. The molecule has 0 aliphatic heterocycles. The second-order valence-corrected chi connectivity index (χ2v) is 5.87. The van der Waals surface area contributed by atoms with Crippen molar-refractivity contribution in [2.24, 2.45) is 0 Å². The summed E-state index contributed by atoms with van der Waals surface area (Å²) in [6.45, 7) is 1.92. The monoisotopic (exact) mass is 253 g/mol. The van der Waals surface area contributed by atoms with Gasteiger partial charge in [0.25, 0.3) is 0 Å². The van der Waals surface area contributed by atoms with Crippen LogP contribution in [0.3, 0.4) is 0 Å². The Hall–Kier alpha value is -0.940. The Morgan fingerprint density at radius 3 is 2.59 bits per heavy atom. The van der Waals surface area contributed by atoms with E-state index in [2.05, 4.69) is 28.9 Å². The van der Waals surface area contributed by atoms with Crippen molar-refractivity contribution in [3.05, 3.63) is 10.6 Å². The lowest BCUT2D eigenvalue weighted by atomic mass is 10.3. The molecule has 1 aliphatic rings. The highest BCUT2D eigenvalue weighted by molar-refractivity contribution is 7.17. The summed E-state index contributed by atoms with van der Waals surface area (Å²) < 4.78 is 0. The molecule has 1 saturated carbocycles. The van der Waals surface area contributed by atoms with Crippen LogP contribution in [0.4, 0.5) is 5.13 Å². The van der Waals surface area contributed by atoms with Crippen molar-refractivity contribution in [3.63, 3.8) is 0 Å². The maximum absolute atomic E-state index is 11.0. The Morgan fingerprint density at radius 1 is 1.35 bits per heavy atom. The summed E-state index contributed by atoms with van der Waals surface area (Å²) in [7, 11) is 6.15. The van der Waals surface area contributed by atoms with Crippen molar-refractivity contribution in [1.29, 1.82) is 0 Å². The van der Waals surface area contributed by atoms with E-state index in [0.717, 1.165) is 35.1 Å². The molecule has 0 atom stereocenters. The van der Waals surface area contributed by atoms with Crippen molar-refractivity contribution in [2.45, 2.75) is 18.8 Å². The minimum Gasteiger partial charge on any atom is -0.350 e. The first kappa shape index (κ1) is 12.5. The molecule has 5 heteroatoms. The zero-order valence-electron chi connectivity index (χ0n) is 10.6. The molecule has 0 spiro atoms. The number of carbonyl (C=O) groups excluding carboxylic acids is 1. The van der Waals surface area contributed by atoms with Crippen LogP contribution < -0.4 is 4.90 Å². The number of anilines is 1. The highest BCUT2D eigenvalue weighted by Gasteiger charge is 2.30. The molecule has 1 aromatic rings. The largest absolute Gasteiger partial charge is 0.350 e. The van der Waals surface area contributed by atoms with Crippen LogP contribution in [-0.4, -0.2) is 50.4 Å². The molecule has 1 fully saturated rings. The van der Waals surface area contributed by atoms with Gasteiger partial charge in [0, 0.05) is 26.1 Å². The average molecular weight is 253 g/mol. The van der Waals surface area contributed by atoms with E-state index in [-0.39, 0.29) is 0 Å². The molecule has 1 aromatic heterocycles. The van der Waals surface area contributed by atoms with Gasteiger partial charge in [-0.15, -0.1) is 0 Å². The maximum Gasteiger partial charge on any atom is 0.186 e. The number of thiazole rings is 1. The standard InChI is InChI=1S/C12H19N3OS/c1-14(2)6-7-15(3)12-13-11(9-4-5-9)10(8-16)17-12/h8-9H,4-7H2,1-3H3. The van der Waals surface area contributed by atoms with Gasteiger partial charge in [-0.05, 0) is 26.9 Å². The van der Waals surface area contributed by atoms with Crippen molar-refractivity contribution >= 4 is 22.8 Å². The Labute approximate surface area is 106 Å². The SMILES string of the molecule is CN(C)CCN(C)c1nc(C2CC2)c(C=O)s1. The number of likely N-dealkylation sites (N-methyl/N-ethyl adjacent to an activating group) is 2. The zero-order valence-corrected chi connectivity index (χ0v) is 11.5. The van der Waals surface area contributed by atoms with Crippen LogP contribution in [0.2, 0.25) is 0 Å². The van der Waals surface area contributed by atoms with Gasteiger partial charge >= 0.3 is 0 Å². The van der Waals surface area contributed by atoms with Gasteiger partial charge in [0.1, 0.15) is 0 Å². The van der Waals surface area contributed by atoms with E-state index < -0.39 is 0 Å². The fourth-order valence-electron chi connectivity index (χ4n) is 1.67. The quantitative estimate of drug-likeness (QED) is 0.725. The number of carbonyl (C=O) groups is 1. The smallest absolute Gasteiger partial charge is 0.186 e. The Kier molecular flexibility index (Phi) is 3.79. The summed E-state index contributed by atoms with van der Waals surface area (Å²) in [5.74, 6) is 0.544. The molecule has 17 heavy (non-hydrogen) atoms. The van der Waals surface area contributed by atoms with Crippen LogP contribution in [0.5, 0.6) is 0 Å². The third-order valence-corrected chi connectivity index (χ3v) is 4.06. The first-order chi connectivity index (χ1) is 8.11. The van der Waals surface area contributed by atoms with Crippen LogP contribution in [0.1, 0.15) is 34.1 Å². The first-order valence-corrected chi connectivity index (χ1v) is 6.75. The maximum atomic E-state index is 11.0. The molecule has 4 nitrogen and oxygen atoms in total. The second-order valence-electron chi connectivity index (χ2n) is 4.86. The van der Waals surface area contributed by atoms with E-state index in [4.69, 9.17) is 0 Å². The van der Waals surface area contributed by atoms with Crippen LogP contribution >= 0.6 is 11.3 Å². The van der Waals surface area contributed by atoms with Gasteiger partial charge in [0.05, 0.1) is 10.6 Å². The lowest BCUT2D eigenvalue weighted by molar-refractivity contribution is 0.112. The highest BCUT2D eigenvalue weighted by Crippen LogP contribution is 2.43. The summed E-state index contributed by atoms with van der Waals surface area (Å²) in [4.78, 5) is 20.7. The Morgan fingerprint density at radius 2 is 2.06 bits per heavy atom.